The van der Waals surface area contributed by atoms with E-state index in [9.17, 15) is 0 Å². The van der Waals surface area contributed by atoms with Gasteiger partial charge in [-0.3, -0.25) is 10.4 Å². The summed E-state index contributed by atoms with van der Waals surface area (Å²) in [5.41, 5.74) is 3.02. The fourth-order valence-electron chi connectivity index (χ4n) is 2.39. The summed E-state index contributed by atoms with van der Waals surface area (Å²) < 4.78 is 0. The number of guanidine groups is 1. The van der Waals surface area contributed by atoms with Crippen LogP contribution in [0.15, 0.2) is 4.99 Å². The van der Waals surface area contributed by atoms with Crippen LogP contribution in [0.3, 0.4) is 0 Å². The smallest absolute Gasteiger partial charge is 0.208 e. The van der Waals surface area contributed by atoms with Gasteiger partial charge in [0.05, 0.1) is 0 Å². The average molecular weight is 255 g/mol. The summed E-state index contributed by atoms with van der Waals surface area (Å²) in [5, 5.41) is 0. The van der Waals surface area contributed by atoms with Crippen LogP contribution in [0.4, 0.5) is 0 Å². The van der Waals surface area contributed by atoms with E-state index in [0.717, 1.165) is 19.0 Å². The van der Waals surface area contributed by atoms with E-state index in [1.807, 2.05) is 0 Å². The highest BCUT2D eigenvalue weighted by atomic mass is 15.4. The maximum Gasteiger partial charge on any atom is 0.208 e. The van der Waals surface area contributed by atoms with Gasteiger partial charge in [-0.15, -0.1) is 0 Å². The Hall–Kier alpha value is -0.810. The molecule has 0 aromatic carbocycles. The van der Waals surface area contributed by atoms with Crippen molar-refractivity contribution < 1.29 is 0 Å². The third-order valence-corrected chi connectivity index (χ3v) is 3.86. The highest BCUT2D eigenvalue weighted by Gasteiger charge is 2.40. The van der Waals surface area contributed by atoms with Crippen molar-refractivity contribution in [2.24, 2.45) is 16.8 Å². The van der Waals surface area contributed by atoms with Crippen molar-refractivity contribution in [3.05, 3.63) is 0 Å². The van der Waals surface area contributed by atoms with Gasteiger partial charge in [0.2, 0.25) is 5.96 Å². The Morgan fingerprint density at radius 1 is 1.33 bits per heavy atom. The molecule has 106 valence electrons. The first-order chi connectivity index (χ1) is 8.41. The van der Waals surface area contributed by atoms with Crippen LogP contribution in [0.1, 0.15) is 33.1 Å². The number of hydrazine groups is 1. The normalized spacial score (nSPS) is 19.0. The minimum Gasteiger partial charge on any atom is -0.343 e. The van der Waals surface area contributed by atoms with Crippen molar-refractivity contribution in [1.82, 2.24) is 15.2 Å². The Balaban J connectivity index is 2.61. The molecule has 0 spiro atoms. The second-order valence-electron chi connectivity index (χ2n) is 6.03. The summed E-state index contributed by atoms with van der Waals surface area (Å²) in [6, 6.07) is 0. The molecule has 1 rings (SSSR count). The predicted octanol–water partition coefficient (Wildman–Crippen LogP) is 0.878. The molecule has 0 aromatic rings. The van der Waals surface area contributed by atoms with E-state index >= 15 is 0 Å². The Kier molecular flexibility index (Phi) is 5.41. The Morgan fingerprint density at radius 2 is 1.94 bits per heavy atom. The third-order valence-electron chi connectivity index (χ3n) is 3.86. The first kappa shape index (κ1) is 15.2. The Labute approximate surface area is 111 Å². The molecule has 0 aromatic heterocycles. The molecule has 0 atom stereocenters. The maximum absolute atomic E-state index is 5.58. The van der Waals surface area contributed by atoms with Crippen molar-refractivity contribution in [1.29, 1.82) is 0 Å². The molecule has 1 fully saturated rings. The standard InChI is InChI=1S/C13H29N5/c1-11(2)9-15-12(16-14)18(5)10-13(17(3)4)7-6-8-13/h11H,6-10,14H2,1-5H3,(H,15,16). The molecule has 5 heteroatoms. The number of nitrogens with zero attached hydrogens (tertiary/aromatic N) is 3. The summed E-state index contributed by atoms with van der Waals surface area (Å²) in [6.45, 7) is 6.09. The monoisotopic (exact) mass is 255 g/mol. The number of nitrogens with two attached hydrogens (primary N) is 1. The van der Waals surface area contributed by atoms with Crippen molar-refractivity contribution >= 4 is 5.96 Å². The van der Waals surface area contributed by atoms with Gasteiger partial charge in [-0.05, 0) is 39.3 Å². The van der Waals surface area contributed by atoms with Gasteiger partial charge in [-0.25, -0.2) is 5.84 Å². The Bertz CT molecular complexity index is 281. The molecule has 0 heterocycles. The molecule has 5 nitrogen and oxygen atoms in total. The molecular weight excluding hydrogens is 226 g/mol. The topological polar surface area (TPSA) is 56.9 Å². The molecule has 0 radical (unpaired) electrons. The van der Waals surface area contributed by atoms with Crippen LogP contribution < -0.4 is 11.3 Å². The SMILES string of the molecule is CC(C)CN=C(NN)N(C)CC1(N(C)C)CCC1. The molecule has 0 amide bonds. The zero-order valence-corrected chi connectivity index (χ0v) is 12.5. The van der Waals surface area contributed by atoms with Gasteiger partial charge in [0.15, 0.2) is 0 Å². The van der Waals surface area contributed by atoms with Crippen LogP contribution in [0.2, 0.25) is 0 Å². The molecule has 0 bridgehead atoms. The second kappa shape index (κ2) is 6.38. The lowest BCUT2D eigenvalue weighted by Gasteiger charge is -2.49. The van der Waals surface area contributed by atoms with E-state index in [2.05, 4.69) is 55.2 Å². The third kappa shape index (κ3) is 3.59. The molecule has 1 aliphatic rings. The molecule has 0 aliphatic heterocycles. The second-order valence-corrected chi connectivity index (χ2v) is 6.03. The Morgan fingerprint density at radius 3 is 2.28 bits per heavy atom. The highest BCUT2D eigenvalue weighted by molar-refractivity contribution is 5.79. The van der Waals surface area contributed by atoms with Crippen LogP contribution in [-0.2, 0) is 0 Å². The minimum absolute atomic E-state index is 0.296. The van der Waals surface area contributed by atoms with Gasteiger partial charge in [0, 0.05) is 25.7 Å². The van der Waals surface area contributed by atoms with Gasteiger partial charge in [0.25, 0.3) is 0 Å². The highest BCUT2D eigenvalue weighted by Crippen LogP contribution is 2.36. The zero-order chi connectivity index (χ0) is 13.8. The van der Waals surface area contributed by atoms with Crippen LogP contribution >= 0.6 is 0 Å². The van der Waals surface area contributed by atoms with Gasteiger partial charge in [-0.2, -0.15) is 0 Å². The van der Waals surface area contributed by atoms with E-state index in [1.165, 1.54) is 19.3 Å². The summed E-state index contributed by atoms with van der Waals surface area (Å²) in [5.74, 6) is 6.92. The lowest BCUT2D eigenvalue weighted by Crippen LogP contribution is -2.59. The molecule has 3 N–H and O–H groups in total. The van der Waals surface area contributed by atoms with Gasteiger partial charge in [0.1, 0.15) is 0 Å². The van der Waals surface area contributed by atoms with E-state index in [4.69, 9.17) is 5.84 Å². The molecule has 1 saturated carbocycles. The largest absolute Gasteiger partial charge is 0.343 e. The van der Waals surface area contributed by atoms with E-state index in [-0.39, 0.29) is 0 Å². The molecule has 18 heavy (non-hydrogen) atoms. The number of hydrogen-bond donors (Lipinski definition) is 2. The lowest BCUT2D eigenvalue weighted by molar-refractivity contribution is 0.0423. The van der Waals surface area contributed by atoms with Crippen molar-refractivity contribution in [2.45, 2.75) is 38.6 Å². The molecule has 0 unspecified atom stereocenters. The van der Waals surface area contributed by atoms with Gasteiger partial charge >= 0.3 is 0 Å². The molecule has 1 aliphatic carbocycles. The summed E-state index contributed by atoms with van der Waals surface area (Å²) in [6.07, 6.45) is 3.83. The van der Waals surface area contributed by atoms with Crippen LogP contribution in [0.25, 0.3) is 0 Å². The number of aliphatic imine (C=N–C) groups is 1. The first-order valence-electron chi connectivity index (χ1n) is 6.81. The zero-order valence-electron chi connectivity index (χ0n) is 12.5. The number of likely N-dealkylation sites (N-methyl/N-ethyl adjacent to an activating group) is 2. The van der Waals surface area contributed by atoms with Crippen LogP contribution in [-0.4, -0.2) is 55.5 Å². The lowest BCUT2D eigenvalue weighted by atomic mass is 9.75. The van der Waals surface area contributed by atoms with E-state index in [1.54, 1.807) is 0 Å². The summed E-state index contributed by atoms with van der Waals surface area (Å²) >= 11 is 0. The van der Waals surface area contributed by atoms with Crippen molar-refractivity contribution in [2.75, 3.05) is 34.2 Å². The van der Waals surface area contributed by atoms with E-state index in [0.29, 0.717) is 11.5 Å². The van der Waals surface area contributed by atoms with Crippen molar-refractivity contribution in [3.63, 3.8) is 0 Å². The number of nitrogens with one attached hydrogen (secondary N) is 1. The fraction of sp³-hybridized carbons (Fsp3) is 0.923. The van der Waals surface area contributed by atoms with Gasteiger partial charge in [-0.1, -0.05) is 13.8 Å². The molecule has 0 saturated heterocycles. The van der Waals surface area contributed by atoms with E-state index < -0.39 is 0 Å². The average Bonchev–Trinajstić information content (AvgIpc) is 2.23. The maximum atomic E-state index is 5.58. The minimum atomic E-state index is 0.296. The number of hydrogen-bond acceptors (Lipinski definition) is 3. The summed E-state index contributed by atoms with van der Waals surface area (Å²) in [4.78, 5) is 9.01. The summed E-state index contributed by atoms with van der Waals surface area (Å²) in [7, 11) is 6.38. The quantitative estimate of drug-likeness (QED) is 0.331. The van der Waals surface area contributed by atoms with Gasteiger partial charge < -0.3 is 9.80 Å². The predicted molar refractivity (Wildman–Crippen MR) is 77.4 cm³/mol. The van der Waals surface area contributed by atoms with Crippen LogP contribution in [0.5, 0.6) is 0 Å². The molecular formula is C13H29N5. The van der Waals surface area contributed by atoms with Crippen molar-refractivity contribution in [3.8, 4) is 0 Å². The number of rotatable bonds is 5. The fourth-order valence-corrected chi connectivity index (χ4v) is 2.39. The first-order valence-corrected chi connectivity index (χ1v) is 6.81. The van der Waals surface area contributed by atoms with Crippen LogP contribution in [0, 0.1) is 5.92 Å².